The van der Waals surface area contributed by atoms with Gasteiger partial charge in [-0.05, 0) is 30.5 Å². The highest BCUT2D eigenvalue weighted by atomic mass is 35.5. The fourth-order valence-corrected chi connectivity index (χ4v) is 2.47. The second kappa shape index (κ2) is 7.10. The Kier molecular flexibility index (Phi) is 5.45. The molecule has 1 heterocycles. The van der Waals surface area contributed by atoms with Crippen LogP contribution in [-0.4, -0.2) is 37.2 Å². The summed E-state index contributed by atoms with van der Waals surface area (Å²) in [6.45, 7) is 4.37. The minimum Gasteiger partial charge on any atom is -0.377 e. The van der Waals surface area contributed by atoms with Crippen molar-refractivity contribution in [1.29, 1.82) is 0 Å². The molecule has 0 radical (unpaired) electrons. The Morgan fingerprint density at radius 2 is 2.11 bits per heavy atom. The quantitative estimate of drug-likeness (QED) is 0.860. The van der Waals surface area contributed by atoms with Crippen molar-refractivity contribution in [3.63, 3.8) is 0 Å². The number of hydrogen-bond donors (Lipinski definition) is 1. The predicted molar refractivity (Wildman–Crippen MR) is 74.8 cm³/mol. The van der Waals surface area contributed by atoms with E-state index in [9.17, 15) is 0 Å². The highest BCUT2D eigenvalue weighted by Crippen LogP contribution is 2.16. The first-order valence-electron chi connectivity index (χ1n) is 6.56. The number of nitrogens with zero attached hydrogens (tertiary/aromatic N) is 1. The summed E-state index contributed by atoms with van der Waals surface area (Å²) >= 11 is 5.89. The summed E-state index contributed by atoms with van der Waals surface area (Å²) in [5.41, 5.74) is 6.95. The van der Waals surface area contributed by atoms with Gasteiger partial charge in [0.1, 0.15) is 0 Å². The third-order valence-electron chi connectivity index (χ3n) is 3.25. The summed E-state index contributed by atoms with van der Waals surface area (Å²) in [6, 6.07) is 8.01. The maximum atomic E-state index is 5.89. The lowest BCUT2D eigenvalue weighted by Crippen LogP contribution is -2.35. The molecule has 1 aliphatic heterocycles. The van der Waals surface area contributed by atoms with E-state index in [0.29, 0.717) is 12.6 Å². The minimum absolute atomic E-state index is 0.379. The maximum Gasteiger partial charge on any atom is 0.0702 e. The lowest BCUT2D eigenvalue weighted by atomic mass is 10.2. The second-order valence-corrected chi connectivity index (χ2v) is 5.22. The molecule has 1 saturated heterocycles. The van der Waals surface area contributed by atoms with Crippen molar-refractivity contribution >= 4 is 11.6 Å². The SMILES string of the molecule is NCCN(Cc1ccc(Cl)cc1)CC1CCCO1. The van der Waals surface area contributed by atoms with Crippen molar-refractivity contribution in [3.8, 4) is 0 Å². The van der Waals surface area contributed by atoms with Crippen LogP contribution in [0.3, 0.4) is 0 Å². The van der Waals surface area contributed by atoms with E-state index in [1.807, 2.05) is 12.1 Å². The molecule has 18 heavy (non-hydrogen) atoms. The Hall–Kier alpha value is -0.610. The van der Waals surface area contributed by atoms with Crippen molar-refractivity contribution in [3.05, 3.63) is 34.9 Å². The third-order valence-corrected chi connectivity index (χ3v) is 3.50. The molecule has 0 spiro atoms. The molecule has 3 nitrogen and oxygen atoms in total. The molecule has 100 valence electrons. The normalized spacial score (nSPS) is 19.6. The van der Waals surface area contributed by atoms with Crippen LogP contribution in [0.5, 0.6) is 0 Å². The van der Waals surface area contributed by atoms with E-state index >= 15 is 0 Å². The molecule has 4 heteroatoms. The van der Waals surface area contributed by atoms with E-state index in [1.54, 1.807) is 0 Å². The molecule has 0 saturated carbocycles. The summed E-state index contributed by atoms with van der Waals surface area (Å²) in [4.78, 5) is 2.36. The van der Waals surface area contributed by atoms with Gasteiger partial charge in [0.15, 0.2) is 0 Å². The van der Waals surface area contributed by atoms with Crippen LogP contribution in [0.25, 0.3) is 0 Å². The van der Waals surface area contributed by atoms with Crippen molar-refractivity contribution in [1.82, 2.24) is 4.90 Å². The zero-order valence-corrected chi connectivity index (χ0v) is 11.4. The molecule has 2 rings (SSSR count). The summed E-state index contributed by atoms with van der Waals surface area (Å²) < 4.78 is 5.68. The number of nitrogens with two attached hydrogens (primary N) is 1. The van der Waals surface area contributed by atoms with E-state index in [-0.39, 0.29) is 0 Å². The summed E-state index contributed by atoms with van der Waals surface area (Å²) in [7, 11) is 0. The molecule has 1 aromatic rings. The first-order valence-corrected chi connectivity index (χ1v) is 6.94. The van der Waals surface area contributed by atoms with Gasteiger partial charge >= 0.3 is 0 Å². The van der Waals surface area contributed by atoms with Crippen molar-refractivity contribution in [2.45, 2.75) is 25.5 Å². The zero-order valence-electron chi connectivity index (χ0n) is 10.6. The van der Waals surface area contributed by atoms with Crippen LogP contribution in [0.2, 0.25) is 5.02 Å². The molecule has 1 aliphatic rings. The molecule has 0 aromatic heterocycles. The van der Waals surface area contributed by atoms with Gasteiger partial charge in [-0.25, -0.2) is 0 Å². The van der Waals surface area contributed by atoms with E-state index in [1.165, 1.54) is 18.4 Å². The minimum atomic E-state index is 0.379. The predicted octanol–water partition coefficient (Wildman–Crippen LogP) is 2.28. The lowest BCUT2D eigenvalue weighted by molar-refractivity contribution is 0.0717. The Labute approximate surface area is 114 Å². The van der Waals surface area contributed by atoms with Gasteiger partial charge in [-0.15, -0.1) is 0 Å². The highest BCUT2D eigenvalue weighted by Gasteiger charge is 2.18. The van der Waals surface area contributed by atoms with Crippen LogP contribution in [0.15, 0.2) is 24.3 Å². The number of halogens is 1. The third kappa shape index (κ3) is 4.25. The highest BCUT2D eigenvalue weighted by molar-refractivity contribution is 6.30. The molecule has 2 N–H and O–H groups in total. The van der Waals surface area contributed by atoms with Gasteiger partial charge in [-0.2, -0.15) is 0 Å². The zero-order chi connectivity index (χ0) is 12.8. The van der Waals surface area contributed by atoms with Crippen LogP contribution in [0.1, 0.15) is 18.4 Å². The molecule has 0 aliphatic carbocycles. The Morgan fingerprint density at radius 1 is 1.33 bits per heavy atom. The fourth-order valence-electron chi connectivity index (χ4n) is 2.34. The van der Waals surface area contributed by atoms with Gasteiger partial charge in [0.25, 0.3) is 0 Å². The Balaban J connectivity index is 1.90. The van der Waals surface area contributed by atoms with E-state index in [0.717, 1.165) is 31.3 Å². The van der Waals surface area contributed by atoms with E-state index in [4.69, 9.17) is 22.1 Å². The fraction of sp³-hybridized carbons (Fsp3) is 0.571. The lowest BCUT2D eigenvalue weighted by Gasteiger charge is -2.24. The van der Waals surface area contributed by atoms with Crippen LogP contribution < -0.4 is 5.73 Å². The molecule has 1 unspecified atom stereocenters. The van der Waals surface area contributed by atoms with Crippen molar-refractivity contribution < 1.29 is 4.74 Å². The van der Waals surface area contributed by atoms with Gasteiger partial charge in [0.05, 0.1) is 6.10 Å². The average molecular weight is 269 g/mol. The van der Waals surface area contributed by atoms with Gasteiger partial charge in [-0.1, -0.05) is 23.7 Å². The Morgan fingerprint density at radius 3 is 2.72 bits per heavy atom. The first-order chi connectivity index (χ1) is 8.78. The summed E-state index contributed by atoms with van der Waals surface area (Å²) in [6.07, 6.45) is 2.73. The molecule has 0 amide bonds. The van der Waals surface area contributed by atoms with Gasteiger partial charge in [0, 0.05) is 37.8 Å². The van der Waals surface area contributed by atoms with Crippen LogP contribution in [0, 0.1) is 0 Å². The van der Waals surface area contributed by atoms with Gasteiger partial charge < -0.3 is 10.5 Å². The van der Waals surface area contributed by atoms with Gasteiger partial charge in [0.2, 0.25) is 0 Å². The number of hydrogen-bond acceptors (Lipinski definition) is 3. The standard InChI is InChI=1S/C14H21ClN2O/c15-13-5-3-12(4-6-13)10-17(8-7-16)11-14-2-1-9-18-14/h3-6,14H,1-2,7-11,16H2. The topological polar surface area (TPSA) is 38.5 Å². The maximum absolute atomic E-state index is 5.89. The molecule has 1 fully saturated rings. The smallest absolute Gasteiger partial charge is 0.0702 e. The van der Waals surface area contributed by atoms with Crippen molar-refractivity contribution in [2.24, 2.45) is 5.73 Å². The van der Waals surface area contributed by atoms with Crippen molar-refractivity contribution in [2.75, 3.05) is 26.2 Å². The monoisotopic (exact) mass is 268 g/mol. The number of ether oxygens (including phenoxy) is 1. The van der Waals surface area contributed by atoms with Gasteiger partial charge in [-0.3, -0.25) is 4.90 Å². The molecular weight excluding hydrogens is 248 g/mol. The molecule has 1 aromatic carbocycles. The number of rotatable bonds is 6. The average Bonchev–Trinajstić information content (AvgIpc) is 2.85. The van der Waals surface area contributed by atoms with Crippen LogP contribution in [0.4, 0.5) is 0 Å². The van der Waals surface area contributed by atoms with E-state index < -0.39 is 0 Å². The first kappa shape index (κ1) is 13.8. The molecular formula is C14H21ClN2O. The van der Waals surface area contributed by atoms with E-state index in [2.05, 4.69) is 17.0 Å². The second-order valence-electron chi connectivity index (χ2n) is 4.79. The van der Waals surface area contributed by atoms with Crippen LogP contribution >= 0.6 is 11.6 Å². The largest absolute Gasteiger partial charge is 0.377 e. The molecule has 0 bridgehead atoms. The summed E-state index contributed by atoms with van der Waals surface area (Å²) in [5, 5.41) is 0.781. The number of benzene rings is 1. The Bertz CT molecular complexity index is 349. The summed E-state index contributed by atoms with van der Waals surface area (Å²) in [5.74, 6) is 0. The molecule has 1 atom stereocenters. The van der Waals surface area contributed by atoms with Crippen LogP contribution in [-0.2, 0) is 11.3 Å².